The van der Waals surface area contributed by atoms with Gasteiger partial charge in [-0.3, -0.25) is 4.98 Å². The number of rotatable bonds is 3. The summed E-state index contributed by atoms with van der Waals surface area (Å²) < 4.78 is 30.8. The zero-order valence-corrected chi connectivity index (χ0v) is 11.7. The molecule has 1 aromatic heterocycles. The molecule has 3 rings (SSSR count). The zero-order valence-electron chi connectivity index (χ0n) is 10.9. The second-order valence-corrected chi connectivity index (χ2v) is 7.41. The molecule has 2 aliphatic rings. The summed E-state index contributed by atoms with van der Waals surface area (Å²) >= 11 is 0. The highest BCUT2D eigenvalue weighted by atomic mass is 32.2. The van der Waals surface area contributed by atoms with Crippen molar-refractivity contribution >= 4 is 10.0 Å². The van der Waals surface area contributed by atoms with Gasteiger partial charge >= 0.3 is 0 Å². The molecular weight excluding hydrogens is 264 g/mol. The normalized spacial score (nSPS) is 31.3. The molecule has 1 aliphatic heterocycles. The van der Waals surface area contributed by atoms with E-state index in [1.807, 2.05) is 12.1 Å². The SMILES string of the molecule is CS(=O)(=O)N1C[C@H]2CC[C@@H](Oc3cccnc3)[C@H]2C1. The third kappa shape index (κ3) is 2.60. The van der Waals surface area contributed by atoms with E-state index in [-0.39, 0.29) is 6.10 Å². The van der Waals surface area contributed by atoms with Gasteiger partial charge in [0.2, 0.25) is 10.0 Å². The number of fused-ring (bicyclic) bond motifs is 1. The Morgan fingerprint density at radius 3 is 2.89 bits per heavy atom. The van der Waals surface area contributed by atoms with E-state index in [9.17, 15) is 8.42 Å². The second-order valence-electron chi connectivity index (χ2n) is 5.43. The maximum atomic E-state index is 11.6. The smallest absolute Gasteiger partial charge is 0.211 e. The summed E-state index contributed by atoms with van der Waals surface area (Å²) in [7, 11) is -3.08. The van der Waals surface area contributed by atoms with Crippen LogP contribution in [0.3, 0.4) is 0 Å². The van der Waals surface area contributed by atoms with Crippen molar-refractivity contribution in [3.8, 4) is 5.75 Å². The van der Waals surface area contributed by atoms with Gasteiger partial charge in [-0.2, -0.15) is 0 Å². The van der Waals surface area contributed by atoms with Gasteiger partial charge < -0.3 is 4.74 Å². The Hall–Kier alpha value is -1.14. The Balaban J connectivity index is 1.70. The van der Waals surface area contributed by atoms with Crippen molar-refractivity contribution in [2.75, 3.05) is 19.3 Å². The topological polar surface area (TPSA) is 59.5 Å². The highest BCUT2D eigenvalue weighted by molar-refractivity contribution is 7.88. The minimum atomic E-state index is -3.08. The van der Waals surface area contributed by atoms with E-state index < -0.39 is 10.0 Å². The molecule has 19 heavy (non-hydrogen) atoms. The lowest BCUT2D eigenvalue weighted by atomic mass is 9.99. The van der Waals surface area contributed by atoms with Gasteiger partial charge in [0.15, 0.2) is 0 Å². The Bertz CT molecular complexity index is 546. The van der Waals surface area contributed by atoms with Crippen LogP contribution in [0.2, 0.25) is 0 Å². The summed E-state index contributed by atoms with van der Waals surface area (Å²) in [6.07, 6.45) is 6.86. The number of ether oxygens (including phenoxy) is 1. The van der Waals surface area contributed by atoms with Crippen molar-refractivity contribution in [3.05, 3.63) is 24.5 Å². The highest BCUT2D eigenvalue weighted by Crippen LogP contribution is 2.40. The van der Waals surface area contributed by atoms with Crippen LogP contribution in [-0.2, 0) is 10.0 Å². The number of sulfonamides is 1. The van der Waals surface area contributed by atoms with Crippen LogP contribution in [-0.4, -0.2) is 43.2 Å². The maximum Gasteiger partial charge on any atom is 0.211 e. The molecule has 0 N–H and O–H groups in total. The molecule has 0 aromatic carbocycles. The highest BCUT2D eigenvalue weighted by Gasteiger charge is 2.46. The summed E-state index contributed by atoms with van der Waals surface area (Å²) in [5.41, 5.74) is 0. The molecule has 0 bridgehead atoms. The molecule has 0 radical (unpaired) electrons. The third-order valence-corrected chi connectivity index (χ3v) is 5.38. The molecule has 1 aliphatic carbocycles. The van der Waals surface area contributed by atoms with Crippen molar-refractivity contribution in [1.29, 1.82) is 0 Å². The van der Waals surface area contributed by atoms with Crippen LogP contribution in [0.15, 0.2) is 24.5 Å². The van der Waals surface area contributed by atoms with Crippen LogP contribution in [0, 0.1) is 11.8 Å². The first-order valence-electron chi connectivity index (χ1n) is 6.56. The molecule has 0 unspecified atom stereocenters. The van der Waals surface area contributed by atoms with Crippen LogP contribution < -0.4 is 4.74 Å². The van der Waals surface area contributed by atoms with Crippen molar-refractivity contribution in [3.63, 3.8) is 0 Å². The maximum absolute atomic E-state index is 11.6. The van der Waals surface area contributed by atoms with E-state index in [1.165, 1.54) is 6.26 Å². The molecule has 1 saturated carbocycles. The Morgan fingerprint density at radius 2 is 2.21 bits per heavy atom. The van der Waals surface area contributed by atoms with Crippen molar-refractivity contribution < 1.29 is 13.2 Å². The predicted octanol–water partition coefficient (Wildman–Crippen LogP) is 1.13. The standard InChI is InChI=1S/C13H18N2O3S/c1-19(16,17)15-8-10-4-5-13(12(10)9-15)18-11-3-2-6-14-7-11/h2-3,6-7,10,12-13H,4-5,8-9H2,1H3/t10-,12+,13-/m1/s1. The van der Waals surface area contributed by atoms with Crippen molar-refractivity contribution in [2.24, 2.45) is 11.8 Å². The Morgan fingerprint density at radius 1 is 1.37 bits per heavy atom. The third-order valence-electron chi connectivity index (χ3n) is 4.15. The fourth-order valence-corrected chi connectivity index (χ4v) is 4.09. The average Bonchev–Trinajstić information content (AvgIpc) is 2.92. The summed E-state index contributed by atoms with van der Waals surface area (Å²) in [6, 6.07) is 3.74. The lowest BCUT2D eigenvalue weighted by Gasteiger charge is -2.20. The molecule has 0 spiro atoms. The van der Waals surface area contributed by atoms with E-state index >= 15 is 0 Å². The lowest BCUT2D eigenvalue weighted by molar-refractivity contribution is 0.154. The van der Waals surface area contributed by atoms with Crippen LogP contribution in [0.25, 0.3) is 0 Å². The van der Waals surface area contributed by atoms with Gasteiger partial charge in [-0.1, -0.05) is 0 Å². The van der Waals surface area contributed by atoms with E-state index in [4.69, 9.17) is 4.74 Å². The largest absolute Gasteiger partial charge is 0.488 e. The molecule has 2 heterocycles. The van der Waals surface area contributed by atoms with E-state index in [0.29, 0.717) is 24.9 Å². The molecular formula is C13H18N2O3S. The first kappa shape index (κ1) is 12.9. The fraction of sp³-hybridized carbons (Fsp3) is 0.615. The molecule has 0 amide bonds. The van der Waals surface area contributed by atoms with Crippen molar-refractivity contribution in [1.82, 2.24) is 9.29 Å². The van der Waals surface area contributed by atoms with Crippen molar-refractivity contribution in [2.45, 2.75) is 18.9 Å². The van der Waals surface area contributed by atoms with Crippen LogP contribution >= 0.6 is 0 Å². The molecule has 1 aromatic rings. The first-order valence-corrected chi connectivity index (χ1v) is 8.40. The van der Waals surface area contributed by atoms with Gasteiger partial charge in [0.25, 0.3) is 0 Å². The second kappa shape index (κ2) is 4.76. The number of hydrogen-bond donors (Lipinski definition) is 0. The molecule has 6 heteroatoms. The van der Waals surface area contributed by atoms with E-state index in [2.05, 4.69) is 4.98 Å². The minimum absolute atomic E-state index is 0.112. The predicted molar refractivity (Wildman–Crippen MR) is 71.3 cm³/mol. The van der Waals surface area contributed by atoms with Gasteiger partial charge in [-0.25, -0.2) is 12.7 Å². The molecule has 3 atom stereocenters. The van der Waals surface area contributed by atoms with Gasteiger partial charge in [0.1, 0.15) is 11.9 Å². The zero-order chi connectivity index (χ0) is 13.5. The summed E-state index contributed by atoms with van der Waals surface area (Å²) in [5.74, 6) is 1.53. The Labute approximate surface area is 113 Å². The molecule has 5 nitrogen and oxygen atoms in total. The van der Waals surface area contributed by atoms with E-state index in [0.717, 1.165) is 18.6 Å². The minimum Gasteiger partial charge on any atom is -0.488 e. The van der Waals surface area contributed by atoms with Gasteiger partial charge in [-0.15, -0.1) is 0 Å². The van der Waals surface area contributed by atoms with E-state index in [1.54, 1.807) is 16.7 Å². The van der Waals surface area contributed by atoms with Gasteiger partial charge in [-0.05, 0) is 30.9 Å². The summed E-state index contributed by atoms with van der Waals surface area (Å²) in [6.45, 7) is 1.24. The first-order chi connectivity index (χ1) is 9.04. The lowest BCUT2D eigenvalue weighted by Crippen LogP contribution is -2.31. The molecule has 104 valence electrons. The summed E-state index contributed by atoms with van der Waals surface area (Å²) in [4.78, 5) is 4.04. The summed E-state index contributed by atoms with van der Waals surface area (Å²) in [5, 5.41) is 0. The monoisotopic (exact) mass is 282 g/mol. The number of pyridine rings is 1. The van der Waals surface area contributed by atoms with Crippen LogP contribution in [0.1, 0.15) is 12.8 Å². The van der Waals surface area contributed by atoms with Gasteiger partial charge in [0, 0.05) is 25.2 Å². The average molecular weight is 282 g/mol. The quantitative estimate of drug-likeness (QED) is 0.834. The number of nitrogens with zero attached hydrogens (tertiary/aromatic N) is 2. The molecule has 2 fully saturated rings. The van der Waals surface area contributed by atoms with Crippen LogP contribution in [0.4, 0.5) is 0 Å². The Kier molecular flexibility index (Phi) is 3.22. The number of aromatic nitrogens is 1. The number of hydrogen-bond acceptors (Lipinski definition) is 4. The van der Waals surface area contributed by atoms with Gasteiger partial charge in [0.05, 0.1) is 12.5 Å². The fourth-order valence-electron chi connectivity index (χ4n) is 3.18. The van der Waals surface area contributed by atoms with Crippen LogP contribution in [0.5, 0.6) is 5.75 Å². The molecule has 1 saturated heterocycles.